The molecule has 0 fully saturated rings. The Labute approximate surface area is 117 Å². The van der Waals surface area contributed by atoms with Crippen molar-refractivity contribution in [2.24, 2.45) is 0 Å². The number of nitrogens with one attached hydrogen (secondary N) is 2. The summed E-state index contributed by atoms with van der Waals surface area (Å²) in [5.41, 5.74) is 7.25. The van der Waals surface area contributed by atoms with Gasteiger partial charge < -0.3 is 11.1 Å². The summed E-state index contributed by atoms with van der Waals surface area (Å²) in [6.07, 6.45) is 0.652. The average Bonchev–Trinajstić information content (AvgIpc) is 2.75. The van der Waals surface area contributed by atoms with Crippen molar-refractivity contribution in [1.82, 2.24) is 10.2 Å². The summed E-state index contributed by atoms with van der Waals surface area (Å²) in [6, 6.07) is 4.30. The van der Waals surface area contributed by atoms with Crippen molar-refractivity contribution in [2.75, 3.05) is 11.1 Å². The summed E-state index contributed by atoms with van der Waals surface area (Å²) in [6.45, 7) is 1.90. The molecular formula is C12H12BrFN4O. The Bertz CT molecular complexity index is 626. The number of aromatic nitrogens is 2. The van der Waals surface area contributed by atoms with Gasteiger partial charge in [-0.15, -0.1) is 0 Å². The van der Waals surface area contributed by atoms with Gasteiger partial charge in [0.2, 0.25) is 0 Å². The van der Waals surface area contributed by atoms with Gasteiger partial charge in [-0.1, -0.05) is 6.92 Å². The molecule has 1 amide bonds. The van der Waals surface area contributed by atoms with Crippen LogP contribution in [0.1, 0.15) is 23.1 Å². The minimum absolute atomic E-state index is 0.111. The number of aryl methyl sites for hydroxylation is 1. The number of hydrogen-bond donors (Lipinski definition) is 3. The van der Waals surface area contributed by atoms with E-state index in [9.17, 15) is 9.18 Å². The van der Waals surface area contributed by atoms with Crippen LogP contribution in [0.4, 0.5) is 15.8 Å². The number of benzene rings is 1. The second-order valence-corrected chi connectivity index (χ2v) is 4.76. The maximum absolute atomic E-state index is 13.3. The van der Waals surface area contributed by atoms with Crippen LogP contribution in [0.2, 0.25) is 0 Å². The molecule has 1 aromatic heterocycles. The number of H-pyrrole nitrogens is 1. The minimum Gasteiger partial charge on any atom is -0.395 e. The van der Waals surface area contributed by atoms with E-state index in [1.807, 2.05) is 6.92 Å². The fraction of sp³-hybridized carbons (Fsp3) is 0.167. The van der Waals surface area contributed by atoms with Crippen molar-refractivity contribution in [3.05, 3.63) is 39.9 Å². The largest absolute Gasteiger partial charge is 0.395 e. The molecule has 7 heteroatoms. The van der Waals surface area contributed by atoms with Crippen LogP contribution in [0, 0.1) is 5.82 Å². The highest BCUT2D eigenvalue weighted by molar-refractivity contribution is 9.10. The number of amides is 1. The lowest BCUT2D eigenvalue weighted by Crippen LogP contribution is -2.14. The second-order valence-electron chi connectivity index (χ2n) is 3.90. The number of nitrogens with zero attached hydrogens (tertiary/aromatic N) is 1. The molecule has 0 aliphatic rings. The molecule has 0 radical (unpaired) electrons. The number of carbonyl (C=O) groups is 1. The summed E-state index contributed by atoms with van der Waals surface area (Å²) < 4.78 is 13.7. The fourth-order valence-electron chi connectivity index (χ4n) is 1.59. The van der Waals surface area contributed by atoms with Gasteiger partial charge in [-0.25, -0.2) is 4.39 Å². The van der Waals surface area contributed by atoms with Gasteiger partial charge in [0.05, 0.1) is 15.9 Å². The summed E-state index contributed by atoms with van der Waals surface area (Å²) in [5, 5.41) is 9.09. The molecule has 0 atom stereocenters. The monoisotopic (exact) mass is 326 g/mol. The first-order chi connectivity index (χ1) is 9.02. The lowest BCUT2D eigenvalue weighted by molar-refractivity contribution is 0.102. The predicted molar refractivity (Wildman–Crippen MR) is 74.4 cm³/mol. The predicted octanol–water partition coefficient (Wildman–Crippen LogP) is 2.71. The zero-order valence-electron chi connectivity index (χ0n) is 10.1. The molecule has 0 saturated carbocycles. The summed E-state index contributed by atoms with van der Waals surface area (Å²) in [7, 11) is 0. The maximum atomic E-state index is 13.3. The van der Waals surface area contributed by atoms with E-state index >= 15 is 0 Å². The number of hydrogen-bond acceptors (Lipinski definition) is 3. The van der Waals surface area contributed by atoms with E-state index in [2.05, 4.69) is 31.4 Å². The molecule has 1 aromatic carbocycles. The van der Waals surface area contributed by atoms with Gasteiger partial charge in [0.1, 0.15) is 5.82 Å². The number of nitrogens with two attached hydrogens (primary N) is 1. The Morgan fingerprint density at radius 2 is 2.32 bits per heavy atom. The van der Waals surface area contributed by atoms with E-state index in [1.54, 1.807) is 6.07 Å². The third-order valence-corrected chi connectivity index (χ3v) is 3.27. The van der Waals surface area contributed by atoms with Crippen molar-refractivity contribution in [3.8, 4) is 0 Å². The molecule has 100 valence electrons. The van der Waals surface area contributed by atoms with Crippen LogP contribution >= 0.6 is 15.9 Å². The molecule has 1 heterocycles. The van der Waals surface area contributed by atoms with Crippen LogP contribution in [-0.4, -0.2) is 16.1 Å². The van der Waals surface area contributed by atoms with Gasteiger partial charge in [0.25, 0.3) is 5.91 Å². The lowest BCUT2D eigenvalue weighted by atomic mass is 10.2. The van der Waals surface area contributed by atoms with E-state index in [1.165, 1.54) is 12.1 Å². The molecule has 2 rings (SSSR count). The Hall–Kier alpha value is -1.89. The van der Waals surface area contributed by atoms with E-state index in [0.29, 0.717) is 28.0 Å². The van der Waals surface area contributed by atoms with Gasteiger partial charge in [-0.2, -0.15) is 5.10 Å². The van der Waals surface area contributed by atoms with Crippen molar-refractivity contribution < 1.29 is 9.18 Å². The second kappa shape index (κ2) is 5.40. The summed E-state index contributed by atoms with van der Waals surface area (Å²) in [5.74, 6) is -0.933. The van der Waals surface area contributed by atoms with Crippen molar-refractivity contribution in [1.29, 1.82) is 0 Å². The highest BCUT2D eigenvalue weighted by atomic mass is 79.9. The number of nitrogen functional groups attached to an aromatic ring is 1. The normalized spacial score (nSPS) is 10.5. The molecule has 0 aliphatic heterocycles. The van der Waals surface area contributed by atoms with Crippen LogP contribution < -0.4 is 11.1 Å². The van der Waals surface area contributed by atoms with Crippen LogP contribution in [0.5, 0.6) is 0 Å². The molecule has 4 N–H and O–H groups in total. The molecule has 5 nitrogen and oxygen atoms in total. The number of halogens is 2. The Balaban J connectivity index is 2.20. The van der Waals surface area contributed by atoms with Gasteiger partial charge in [-0.3, -0.25) is 9.89 Å². The van der Waals surface area contributed by atoms with E-state index in [0.717, 1.165) is 0 Å². The molecular weight excluding hydrogens is 315 g/mol. The first kappa shape index (κ1) is 13.5. The Morgan fingerprint density at radius 1 is 1.58 bits per heavy atom. The summed E-state index contributed by atoms with van der Waals surface area (Å²) in [4.78, 5) is 12.0. The third kappa shape index (κ3) is 2.76. The minimum atomic E-state index is -0.477. The zero-order chi connectivity index (χ0) is 14.0. The van der Waals surface area contributed by atoms with Crippen molar-refractivity contribution >= 4 is 33.2 Å². The number of rotatable bonds is 3. The third-order valence-electron chi connectivity index (χ3n) is 2.63. The average molecular weight is 327 g/mol. The molecule has 0 aliphatic carbocycles. The van der Waals surface area contributed by atoms with Crippen LogP contribution in [-0.2, 0) is 6.42 Å². The molecule has 0 bridgehead atoms. The molecule has 19 heavy (non-hydrogen) atoms. The molecule has 2 aromatic rings. The first-order valence-electron chi connectivity index (χ1n) is 5.62. The first-order valence-corrected chi connectivity index (χ1v) is 6.41. The molecule has 0 unspecified atom stereocenters. The van der Waals surface area contributed by atoms with Crippen LogP contribution in [0.3, 0.4) is 0 Å². The highest BCUT2D eigenvalue weighted by Crippen LogP contribution is 2.21. The smallest absolute Gasteiger partial charge is 0.278 e. The van der Waals surface area contributed by atoms with Gasteiger partial charge in [0.15, 0.2) is 5.69 Å². The Morgan fingerprint density at radius 3 is 2.89 bits per heavy atom. The lowest BCUT2D eigenvalue weighted by Gasteiger charge is -2.04. The molecule has 0 saturated heterocycles. The molecule has 0 spiro atoms. The Kier molecular flexibility index (Phi) is 3.84. The van der Waals surface area contributed by atoms with Crippen molar-refractivity contribution in [2.45, 2.75) is 13.3 Å². The fourth-order valence-corrected chi connectivity index (χ4v) is 1.84. The van der Waals surface area contributed by atoms with E-state index in [4.69, 9.17) is 5.73 Å². The van der Waals surface area contributed by atoms with E-state index < -0.39 is 11.7 Å². The van der Waals surface area contributed by atoms with Gasteiger partial charge in [0, 0.05) is 5.69 Å². The number of anilines is 2. The van der Waals surface area contributed by atoms with Gasteiger partial charge in [-0.05, 0) is 40.5 Å². The van der Waals surface area contributed by atoms with E-state index in [-0.39, 0.29) is 5.69 Å². The van der Waals surface area contributed by atoms with Gasteiger partial charge >= 0.3 is 0 Å². The number of aromatic amines is 1. The van der Waals surface area contributed by atoms with Crippen LogP contribution in [0.15, 0.2) is 22.7 Å². The standard InChI is InChI=1S/C12H12BrFN4O/c1-2-9-10(15)11(18-17-9)12(19)16-6-3-4-7(13)8(14)5-6/h3-5H,2,15H2,1H3,(H,16,19)(H,17,18). The topological polar surface area (TPSA) is 83.8 Å². The van der Waals surface area contributed by atoms with Crippen molar-refractivity contribution in [3.63, 3.8) is 0 Å². The highest BCUT2D eigenvalue weighted by Gasteiger charge is 2.16. The zero-order valence-corrected chi connectivity index (χ0v) is 11.7. The number of carbonyl (C=O) groups excluding carboxylic acids is 1. The van der Waals surface area contributed by atoms with Crippen LogP contribution in [0.25, 0.3) is 0 Å². The quantitative estimate of drug-likeness (QED) is 0.810. The maximum Gasteiger partial charge on any atom is 0.278 e. The SMILES string of the molecule is CCc1[nH]nc(C(=O)Nc2ccc(Br)c(F)c2)c1N. The summed E-state index contributed by atoms with van der Waals surface area (Å²) >= 11 is 3.04.